The summed E-state index contributed by atoms with van der Waals surface area (Å²) in [5, 5.41) is 8.05. The van der Waals surface area contributed by atoms with Crippen LogP contribution in [0.3, 0.4) is 0 Å². The van der Waals surface area contributed by atoms with Gasteiger partial charge >= 0.3 is 5.97 Å². The van der Waals surface area contributed by atoms with Crippen molar-refractivity contribution >= 4 is 16.9 Å². The number of H-pyrrole nitrogens is 1. The van der Waals surface area contributed by atoms with E-state index >= 15 is 0 Å². The SMILES string of the molecule is O=C(O)CCCc1[nH]c2ccc(F)c(F)c2c1F. The van der Waals surface area contributed by atoms with Gasteiger partial charge in [0.1, 0.15) is 0 Å². The van der Waals surface area contributed by atoms with Crippen LogP contribution in [-0.2, 0) is 11.2 Å². The number of aromatic amines is 1. The quantitative estimate of drug-likeness (QED) is 0.884. The third kappa shape index (κ3) is 2.18. The number of rotatable bonds is 4. The minimum Gasteiger partial charge on any atom is -0.481 e. The Morgan fingerprint density at radius 2 is 1.94 bits per heavy atom. The molecule has 0 amide bonds. The van der Waals surface area contributed by atoms with Gasteiger partial charge in [-0.15, -0.1) is 0 Å². The largest absolute Gasteiger partial charge is 0.481 e. The zero-order chi connectivity index (χ0) is 13.3. The van der Waals surface area contributed by atoms with Crippen LogP contribution < -0.4 is 0 Å². The van der Waals surface area contributed by atoms with Gasteiger partial charge < -0.3 is 10.1 Å². The van der Waals surface area contributed by atoms with Gasteiger partial charge in [0.2, 0.25) is 0 Å². The Balaban J connectivity index is 2.33. The number of nitrogens with one attached hydrogen (secondary N) is 1. The molecule has 0 aliphatic heterocycles. The van der Waals surface area contributed by atoms with E-state index in [4.69, 9.17) is 5.11 Å². The lowest BCUT2D eigenvalue weighted by molar-refractivity contribution is -0.137. The molecule has 0 aliphatic carbocycles. The van der Waals surface area contributed by atoms with Crippen molar-refractivity contribution in [3.8, 4) is 0 Å². The van der Waals surface area contributed by atoms with Crippen LogP contribution in [-0.4, -0.2) is 16.1 Å². The van der Waals surface area contributed by atoms with E-state index in [-0.39, 0.29) is 30.5 Å². The number of aliphatic carboxylic acids is 1. The molecule has 1 heterocycles. The van der Waals surface area contributed by atoms with E-state index in [1.807, 2.05) is 0 Å². The molecule has 1 aromatic carbocycles. The molecule has 6 heteroatoms. The molecule has 0 fully saturated rings. The molecule has 96 valence electrons. The summed E-state index contributed by atoms with van der Waals surface area (Å²) in [4.78, 5) is 13.0. The molecule has 2 aromatic rings. The molecule has 0 spiro atoms. The summed E-state index contributed by atoms with van der Waals surface area (Å²) >= 11 is 0. The highest BCUT2D eigenvalue weighted by molar-refractivity contribution is 5.82. The summed E-state index contributed by atoms with van der Waals surface area (Å²) in [6, 6.07) is 2.16. The van der Waals surface area contributed by atoms with Crippen molar-refractivity contribution in [3.05, 3.63) is 35.3 Å². The van der Waals surface area contributed by atoms with Crippen molar-refractivity contribution in [2.24, 2.45) is 0 Å². The Morgan fingerprint density at radius 3 is 2.61 bits per heavy atom. The van der Waals surface area contributed by atoms with E-state index in [9.17, 15) is 18.0 Å². The Labute approximate surface area is 100 Å². The lowest BCUT2D eigenvalue weighted by Crippen LogP contribution is -1.97. The maximum Gasteiger partial charge on any atom is 0.303 e. The highest BCUT2D eigenvalue weighted by Gasteiger charge is 2.17. The van der Waals surface area contributed by atoms with Gasteiger partial charge in [0.25, 0.3) is 0 Å². The van der Waals surface area contributed by atoms with Crippen LogP contribution in [0.15, 0.2) is 12.1 Å². The van der Waals surface area contributed by atoms with Crippen LogP contribution >= 0.6 is 0 Å². The predicted molar refractivity (Wildman–Crippen MR) is 58.7 cm³/mol. The summed E-state index contributed by atoms with van der Waals surface area (Å²) in [6.07, 6.45) is 0.253. The molecule has 3 nitrogen and oxygen atoms in total. The normalized spacial score (nSPS) is 11.1. The van der Waals surface area contributed by atoms with Gasteiger partial charge in [-0.2, -0.15) is 0 Å². The number of aromatic nitrogens is 1. The number of fused-ring (bicyclic) bond motifs is 1. The molecular formula is C12H10F3NO2. The van der Waals surface area contributed by atoms with Gasteiger partial charge in [-0.3, -0.25) is 4.79 Å². The average Bonchev–Trinajstić information content (AvgIpc) is 2.62. The second-order valence-corrected chi connectivity index (χ2v) is 3.95. The molecule has 0 aliphatic rings. The van der Waals surface area contributed by atoms with Crippen molar-refractivity contribution in [2.75, 3.05) is 0 Å². The lowest BCUT2D eigenvalue weighted by Gasteiger charge is -1.96. The first kappa shape index (κ1) is 12.5. The molecule has 1 aromatic heterocycles. The van der Waals surface area contributed by atoms with Crippen molar-refractivity contribution in [2.45, 2.75) is 19.3 Å². The standard InChI is InChI=1S/C12H10F3NO2/c13-6-4-5-7-10(11(6)14)12(15)8(16-7)2-1-3-9(17)18/h4-5,16H,1-3H2,(H,17,18). The Hall–Kier alpha value is -1.98. The minimum absolute atomic E-state index is 0.0933. The zero-order valence-corrected chi connectivity index (χ0v) is 9.27. The maximum absolute atomic E-state index is 13.8. The molecule has 2 N–H and O–H groups in total. The topological polar surface area (TPSA) is 53.1 Å². The Morgan fingerprint density at radius 1 is 1.22 bits per heavy atom. The molecule has 0 atom stereocenters. The summed E-state index contributed by atoms with van der Waals surface area (Å²) in [7, 11) is 0. The van der Waals surface area contributed by atoms with Gasteiger partial charge in [-0.1, -0.05) is 0 Å². The van der Waals surface area contributed by atoms with Crippen LogP contribution in [0.25, 0.3) is 10.9 Å². The minimum atomic E-state index is -1.23. The number of carbonyl (C=O) groups is 1. The summed E-state index contributed by atoms with van der Waals surface area (Å²) in [5.74, 6) is -4.18. The van der Waals surface area contributed by atoms with E-state index in [0.717, 1.165) is 6.07 Å². The number of aryl methyl sites for hydroxylation is 1. The highest BCUT2D eigenvalue weighted by Crippen LogP contribution is 2.26. The van der Waals surface area contributed by atoms with E-state index in [1.165, 1.54) is 6.07 Å². The van der Waals surface area contributed by atoms with Crippen molar-refractivity contribution in [3.63, 3.8) is 0 Å². The fourth-order valence-electron chi connectivity index (χ4n) is 1.83. The lowest BCUT2D eigenvalue weighted by atomic mass is 10.1. The second kappa shape index (κ2) is 4.72. The van der Waals surface area contributed by atoms with Gasteiger partial charge in [-0.25, -0.2) is 13.2 Å². The van der Waals surface area contributed by atoms with E-state index in [1.54, 1.807) is 0 Å². The van der Waals surface area contributed by atoms with Gasteiger partial charge in [-0.05, 0) is 25.0 Å². The summed E-state index contributed by atoms with van der Waals surface area (Å²) < 4.78 is 40.2. The molecule has 0 saturated heterocycles. The highest BCUT2D eigenvalue weighted by atomic mass is 19.2. The van der Waals surface area contributed by atoms with Crippen molar-refractivity contribution in [1.29, 1.82) is 0 Å². The summed E-state index contributed by atoms with van der Waals surface area (Å²) in [5.41, 5.74) is 0.257. The van der Waals surface area contributed by atoms with Gasteiger partial charge in [0.15, 0.2) is 17.5 Å². The summed E-state index contributed by atoms with van der Waals surface area (Å²) in [6.45, 7) is 0. The fraction of sp³-hybridized carbons (Fsp3) is 0.250. The molecule has 0 radical (unpaired) electrons. The third-order valence-corrected chi connectivity index (χ3v) is 2.68. The van der Waals surface area contributed by atoms with Crippen LogP contribution in [0.4, 0.5) is 13.2 Å². The first-order valence-corrected chi connectivity index (χ1v) is 5.36. The number of carboxylic acids is 1. The van der Waals surface area contributed by atoms with Crippen molar-refractivity contribution in [1.82, 2.24) is 4.98 Å². The van der Waals surface area contributed by atoms with Crippen LogP contribution in [0.2, 0.25) is 0 Å². The molecule has 18 heavy (non-hydrogen) atoms. The zero-order valence-electron chi connectivity index (χ0n) is 9.27. The molecule has 2 rings (SSSR count). The average molecular weight is 257 g/mol. The molecule has 0 unspecified atom stereocenters. The molecule has 0 saturated carbocycles. The van der Waals surface area contributed by atoms with E-state index in [2.05, 4.69) is 4.98 Å². The number of hydrogen-bond acceptors (Lipinski definition) is 1. The predicted octanol–water partition coefficient (Wildman–Crippen LogP) is 2.99. The van der Waals surface area contributed by atoms with Crippen LogP contribution in [0, 0.1) is 17.5 Å². The Bertz CT molecular complexity index is 607. The van der Waals surface area contributed by atoms with Gasteiger partial charge in [0.05, 0.1) is 16.6 Å². The second-order valence-electron chi connectivity index (χ2n) is 3.95. The smallest absolute Gasteiger partial charge is 0.303 e. The molecular weight excluding hydrogens is 247 g/mol. The maximum atomic E-state index is 13.8. The monoisotopic (exact) mass is 257 g/mol. The van der Waals surface area contributed by atoms with E-state index in [0.29, 0.717) is 0 Å². The van der Waals surface area contributed by atoms with Crippen LogP contribution in [0.5, 0.6) is 0 Å². The third-order valence-electron chi connectivity index (χ3n) is 2.68. The first-order valence-electron chi connectivity index (χ1n) is 5.36. The van der Waals surface area contributed by atoms with Crippen molar-refractivity contribution < 1.29 is 23.1 Å². The molecule has 0 bridgehead atoms. The van der Waals surface area contributed by atoms with Crippen LogP contribution in [0.1, 0.15) is 18.5 Å². The van der Waals surface area contributed by atoms with E-state index < -0.39 is 28.8 Å². The Kier molecular flexibility index (Phi) is 3.27. The number of carboxylic acid groups (broad SMARTS) is 1. The number of halogens is 3. The fourth-order valence-corrected chi connectivity index (χ4v) is 1.83. The first-order chi connectivity index (χ1) is 8.50. The number of hydrogen-bond donors (Lipinski definition) is 2. The van der Waals surface area contributed by atoms with Gasteiger partial charge in [0, 0.05) is 6.42 Å². The number of benzene rings is 1.